The molecule has 0 aliphatic heterocycles. The van der Waals surface area contributed by atoms with Crippen LogP contribution in [0.2, 0.25) is 0 Å². The number of hydrogen-bond acceptors (Lipinski definition) is 3. The highest BCUT2D eigenvalue weighted by Crippen LogP contribution is 2.10. The molecule has 0 radical (unpaired) electrons. The molecule has 18 heavy (non-hydrogen) atoms. The number of rotatable bonds is 8. The second-order valence-electron chi connectivity index (χ2n) is 4.13. The Morgan fingerprint density at radius 1 is 1.39 bits per heavy atom. The highest BCUT2D eigenvalue weighted by atomic mass is 32.1. The summed E-state index contributed by atoms with van der Waals surface area (Å²) >= 11 is 1.71. The molecule has 0 unspecified atom stereocenters. The van der Waals surface area contributed by atoms with E-state index < -0.39 is 0 Å². The third-order valence-corrected chi connectivity index (χ3v) is 3.32. The summed E-state index contributed by atoms with van der Waals surface area (Å²) in [7, 11) is 1.96. The van der Waals surface area contributed by atoms with Crippen molar-refractivity contribution in [2.24, 2.45) is 0 Å². The van der Waals surface area contributed by atoms with E-state index in [-0.39, 0.29) is 5.91 Å². The predicted octanol–water partition coefficient (Wildman–Crippen LogP) is 2.38. The minimum absolute atomic E-state index is 0.105. The van der Waals surface area contributed by atoms with Crippen LogP contribution >= 0.6 is 11.3 Å². The molecule has 0 saturated carbocycles. The Morgan fingerprint density at radius 2 is 2.06 bits per heavy atom. The topological polar surface area (TPSA) is 23.6 Å². The van der Waals surface area contributed by atoms with Crippen LogP contribution in [0, 0.1) is 0 Å². The molecule has 0 aliphatic carbocycles. The largest absolute Gasteiger partial charge is 0.334 e. The third-order valence-electron chi connectivity index (χ3n) is 2.46. The SMILES string of the molecule is C=CCN(CC=C)C(=O)CN(C)Cc1cccs1. The van der Waals surface area contributed by atoms with Gasteiger partial charge in [0.15, 0.2) is 0 Å². The monoisotopic (exact) mass is 264 g/mol. The summed E-state index contributed by atoms with van der Waals surface area (Å²) in [5.41, 5.74) is 0. The first kappa shape index (κ1) is 14.7. The van der Waals surface area contributed by atoms with E-state index in [0.717, 1.165) is 6.54 Å². The molecule has 1 aromatic rings. The summed E-state index contributed by atoms with van der Waals surface area (Å²) in [5.74, 6) is 0.105. The van der Waals surface area contributed by atoms with Gasteiger partial charge >= 0.3 is 0 Å². The van der Waals surface area contributed by atoms with E-state index in [2.05, 4.69) is 19.2 Å². The van der Waals surface area contributed by atoms with Crippen LogP contribution in [-0.4, -0.2) is 42.4 Å². The summed E-state index contributed by atoms with van der Waals surface area (Å²) in [6, 6.07) is 4.11. The van der Waals surface area contributed by atoms with Gasteiger partial charge in [-0.1, -0.05) is 18.2 Å². The number of carbonyl (C=O) groups is 1. The summed E-state index contributed by atoms with van der Waals surface area (Å²) in [4.78, 5) is 17.1. The molecule has 1 heterocycles. The number of likely N-dealkylation sites (N-methyl/N-ethyl adjacent to an activating group) is 1. The first-order valence-corrected chi connectivity index (χ1v) is 6.75. The van der Waals surface area contributed by atoms with Gasteiger partial charge in [0.25, 0.3) is 0 Å². The minimum Gasteiger partial charge on any atom is -0.334 e. The first-order valence-electron chi connectivity index (χ1n) is 5.88. The van der Waals surface area contributed by atoms with Crippen molar-refractivity contribution in [1.29, 1.82) is 0 Å². The molecule has 0 fully saturated rings. The van der Waals surface area contributed by atoms with Gasteiger partial charge < -0.3 is 4.90 Å². The zero-order chi connectivity index (χ0) is 13.4. The van der Waals surface area contributed by atoms with Crippen LogP contribution in [-0.2, 0) is 11.3 Å². The normalized spacial score (nSPS) is 10.3. The van der Waals surface area contributed by atoms with Crippen molar-refractivity contribution in [2.45, 2.75) is 6.54 Å². The van der Waals surface area contributed by atoms with Gasteiger partial charge in [-0.3, -0.25) is 9.69 Å². The van der Waals surface area contributed by atoms with E-state index in [1.54, 1.807) is 28.4 Å². The van der Waals surface area contributed by atoms with E-state index >= 15 is 0 Å². The molecule has 0 aliphatic rings. The molecule has 1 aromatic heterocycles. The molecule has 0 saturated heterocycles. The zero-order valence-corrected chi connectivity index (χ0v) is 11.7. The van der Waals surface area contributed by atoms with E-state index in [1.165, 1.54) is 4.88 Å². The number of carbonyl (C=O) groups excluding carboxylic acids is 1. The molecule has 0 aromatic carbocycles. The van der Waals surface area contributed by atoms with Crippen molar-refractivity contribution in [3.8, 4) is 0 Å². The average molecular weight is 264 g/mol. The molecule has 0 spiro atoms. The molecule has 98 valence electrons. The minimum atomic E-state index is 0.105. The lowest BCUT2D eigenvalue weighted by Crippen LogP contribution is -2.38. The Bertz CT molecular complexity index is 377. The van der Waals surface area contributed by atoms with Gasteiger partial charge in [-0.15, -0.1) is 24.5 Å². The van der Waals surface area contributed by atoms with Gasteiger partial charge in [-0.2, -0.15) is 0 Å². The van der Waals surface area contributed by atoms with Crippen LogP contribution in [0.5, 0.6) is 0 Å². The Balaban J connectivity index is 2.45. The van der Waals surface area contributed by atoms with Gasteiger partial charge in [0.05, 0.1) is 6.54 Å². The van der Waals surface area contributed by atoms with Gasteiger partial charge in [0.2, 0.25) is 5.91 Å². The number of hydrogen-bond donors (Lipinski definition) is 0. The highest BCUT2D eigenvalue weighted by Gasteiger charge is 2.13. The van der Waals surface area contributed by atoms with Crippen LogP contribution in [0.3, 0.4) is 0 Å². The van der Waals surface area contributed by atoms with Crippen molar-refractivity contribution in [1.82, 2.24) is 9.80 Å². The highest BCUT2D eigenvalue weighted by molar-refractivity contribution is 7.09. The van der Waals surface area contributed by atoms with Crippen LogP contribution in [0.25, 0.3) is 0 Å². The number of thiophene rings is 1. The van der Waals surface area contributed by atoms with E-state index in [9.17, 15) is 4.79 Å². The molecule has 0 bridgehead atoms. The Morgan fingerprint density at radius 3 is 2.56 bits per heavy atom. The van der Waals surface area contributed by atoms with Crippen molar-refractivity contribution < 1.29 is 4.79 Å². The summed E-state index contributed by atoms with van der Waals surface area (Å²) in [6.45, 7) is 9.69. The third kappa shape index (κ3) is 4.85. The van der Waals surface area contributed by atoms with E-state index in [4.69, 9.17) is 0 Å². The summed E-state index contributed by atoms with van der Waals surface area (Å²) in [5, 5.41) is 2.05. The molecule has 1 amide bonds. The molecular weight excluding hydrogens is 244 g/mol. The Hall–Kier alpha value is -1.39. The lowest BCUT2D eigenvalue weighted by Gasteiger charge is -2.23. The van der Waals surface area contributed by atoms with Crippen LogP contribution in [0.15, 0.2) is 42.8 Å². The second-order valence-corrected chi connectivity index (χ2v) is 5.16. The van der Waals surface area contributed by atoms with Crippen molar-refractivity contribution in [3.63, 3.8) is 0 Å². The van der Waals surface area contributed by atoms with Crippen molar-refractivity contribution in [3.05, 3.63) is 47.7 Å². The predicted molar refractivity (Wildman–Crippen MR) is 77.6 cm³/mol. The zero-order valence-electron chi connectivity index (χ0n) is 10.8. The first-order chi connectivity index (χ1) is 8.67. The maximum Gasteiger partial charge on any atom is 0.237 e. The molecule has 0 N–H and O–H groups in total. The summed E-state index contributed by atoms with van der Waals surface area (Å²) in [6.07, 6.45) is 3.47. The molecule has 3 nitrogen and oxygen atoms in total. The van der Waals surface area contributed by atoms with Crippen molar-refractivity contribution in [2.75, 3.05) is 26.7 Å². The van der Waals surface area contributed by atoms with Crippen LogP contribution in [0.1, 0.15) is 4.88 Å². The maximum atomic E-state index is 12.1. The van der Waals surface area contributed by atoms with E-state index in [1.807, 2.05) is 23.4 Å². The van der Waals surface area contributed by atoms with Gasteiger partial charge in [-0.05, 0) is 18.5 Å². The smallest absolute Gasteiger partial charge is 0.237 e. The van der Waals surface area contributed by atoms with Crippen LogP contribution in [0.4, 0.5) is 0 Å². The van der Waals surface area contributed by atoms with Gasteiger partial charge in [0.1, 0.15) is 0 Å². The average Bonchev–Trinajstić information content (AvgIpc) is 2.81. The maximum absolute atomic E-state index is 12.1. The van der Waals surface area contributed by atoms with Crippen molar-refractivity contribution >= 4 is 17.2 Å². The second kappa shape index (κ2) is 7.84. The fourth-order valence-electron chi connectivity index (χ4n) is 1.65. The fraction of sp³-hybridized carbons (Fsp3) is 0.357. The summed E-state index contributed by atoms with van der Waals surface area (Å²) < 4.78 is 0. The van der Waals surface area contributed by atoms with Crippen LogP contribution < -0.4 is 0 Å². The molecule has 1 rings (SSSR count). The molecule has 4 heteroatoms. The Kier molecular flexibility index (Phi) is 6.39. The lowest BCUT2D eigenvalue weighted by molar-refractivity contribution is -0.131. The number of amides is 1. The van der Waals surface area contributed by atoms with Gasteiger partial charge in [-0.25, -0.2) is 0 Å². The molecular formula is C14H20N2OS. The Labute approximate surface area is 113 Å². The van der Waals surface area contributed by atoms with Gasteiger partial charge in [0, 0.05) is 24.5 Å². The number of nitrogens with zero attached hydrogens (tertiary/aromatic N) is 2. The lowest BCUT2D eigenvalue weighted by atomic mass is 10.3. The fourth-order valence-corrected chi connectivity index (χ4v) is 2.43. The quantitative estimate of drug-likeness (QED) is 0.673. The standard InChI is InChI=1S/C14H20N2OS/c1-4-8-16(9-5-2)14(17)12-15(3)11-13-7-6-10-18-13/h4-7,10H,1-2,8-9,11-12H2,3H3. The molecule has 0 atom stereocenters. The van der Waals surface area contributed by atoms with E-state index in [0.29, 0.717) is 19.6 Å².